The molecule has 138 valence electrons. The number of nitrogens with zero attached hydrogens (tertiary/aromatic N) is 2. The Labute approximate surface area is 149 Å². The van der Waals surface area contributed by atoms with Crippen molar-refractivity contribution < 1.29 is 19.0 Å². The molecule has 2 fully saturated rings. The normalized spacial score (nSPS) is 19.4. The van der Waals surface area contributed by atoms with Gasteiger partial charge in [0.25, 0.3) is 0 Å². The highest BCUT2D eigenvalue weighted by Gasteiger charge is 2.35. The van der Waals surface area contributed by atoms with Crippen molar-refractivity contribution in [3.05, 3.63) is 29.8 Å². The summed E-state index contributed by atoms with van der Waals surface area (Å²) in [4.78, 5) is 16.0. The fourth-order valence-electron chi connectivity index (χ4n) is 2.87. The number of ether oxygens (including phenoxy) is 3. The van der Waals surface area contributed by atoms with Crippen LogP contribution in [0.15, 0.2) is 24.3 Å². The van der Waals surface area contributed by atoms with Gasteiger partial charge in [0.05, 0.1) is 26.3 Å². The van der Waals surface area contributed by atoms with E-state index in [2.05, 4.69) is 17.0 Å². The van der Waals surface area contributed by atoms with Crippen LogP contribution in [0.1, 0.15) is 26.3 Å². The minimum atomic E-state index is -0.459. The molecule has 6 nitrogen and oxygen atoms in total. The molecule has 0 bridgehead atoms. The molecule has 2 aliphatic heterocycles. The molecular formula is C19H28N2O4. The summed E-state index contributed by atoms with van der Waals surface area (Å²) in [7, 11) is 0. The first-order valence-electron chi connectivity index (χ1n) is 8.93. The number of hydrogen-bond donors (Lipinski definition) is 0. The van der Waals surface area contributed by atoms with E-state index in [-0.39, 0.29) is 12.2 Å². The van der Waals surface area contributed by atoms with E-state index in [1.807, 2.05) is 32.9 Å². The van der Waals surface area contributed by atoms with Crippen LogP contribution in [-0.2, 0) is 16.0 Å². The lowest BCUT2D eigenvalue weighted by Gasteiger charge is -2.39. The maximum atomic E-state index is 11.9. The molecule has 0 unspecified atom stereocenters. The molecule has 0 saturated carbocycles. The van der Waals surface area contributed by atoms with E-state index in [0.29, 0.717) is 13.1 Å². The molecular weight excluding hydrogens is 320 g/mol. The minimum Gasteiger partial charge on any atom is -0.487 e. The number of carbonyl (C=O) groups is 1. The van der Waals surface area contributed by atoms with Crippen LogP contribution in [0.5, 0.6) is 5.75 Å². The maximum Gasteiger partial charge on any atom is 0.410 e. The van der Waals surface area contributed by atoms with Crippen molar-refractivity contribution in [2.45, 2.75) is 39.0 Å². The van der Waals surface area contributed by atoms with E-state index in [1.54, 1.807) is 4.90 Å². The highest BCUT2D eigenvalue weighted by Crippen LogP contribution is 2.21. The van der Waals surface area contributed by atoms with Crippen molar-refractivity contribution >= 4 is 6.09 Å². The second-order valence-electron chi connectivity index (χ2n) is 7.66. The van der Waals surface area contributed by atoms with Gasteiger partial charge in [0.1, 0.15) is 17.5 Å². The lowest BCUT2D eigenvalue weighted by atomic mass is 10.1. The summed E-state index contributed by atoms with van der Waals surface area (Å²) < 4.78 is 16.6. The number of hydrogen-bond acceptors (Lipinski definition) is 5. The van der Waals surface area contributed by atoms with Gasteiger partial charge >= 0.3 is 6.09 Å². The third-order valence-corrected chi connectivity index (χ3v) is 4.24. The zero-order chi connectivity index (χ0) is 17.9. The minimum absolute atomic E-state index is 0.0395. The molecule has 1 aromatic carbocycles. The first-order chi connectivity index (χ1) is 11.9. The zero-order valence-corrected chi connectivity index (χ0v) is 15.4. The first-order valence-corrected chi connectivity index (χ1v) is 8.93. The zero-order valence-electron chi connectivity index (χ0n) is 15.4. The topological polar surface area (TPSA) is 51.2 Å². The number of likely N-dealkylation sites (tertiary alicyclic amines) is 1. The van der Waals surface area contributed by atoms with Gasteiger partial charge in [0.15, 0.2) is 0 Å². The van der Waals surface area contributed by atoms with Crippen molar-refractivity contribution in [1.29, 1.82) is 0 Å². The lowest BCUT2D eigenvalue weighted by molar-refractivity contribution is -0.0221. The molecule has 0 aliphatic carbocycles. The average Bonchev–Trinajstić information content (AvgIpc) is 2.51. The van der Waals surface area contributed by atoms with Gasteiger partial charge < -0.3 is 19.1 Å². The van der Waals surface area contributed by atoms with Crippen LogP contribution >= 0.6 is 0 Å². The van der Waals surface area contributed by atoms with Crippen LogP contribution in [0, 0.1) is 0 Å². The molecule has 0 aromatic heterocycles. The molecule has 1 amide bonds. The van der Waals surface area contributed by atoms with Gasteiger partial charge in [-0.15, -0.1) is 0 Å². The summed E-state index contributed by atoms with van der Waals surface area (Å²) in [5, 5.41) is 0. The van der Waals surface area contributed by atoms with Crippen LogP contribution in [-0.4, -0.2) is 67.0 Å². The SMILES string of the molecule is CC(C)(C)OC(=O)N1CC(Oc2ccc(CN3CCOCC3)cc2)C1. The predicted molar refractivity (Wildman–Crippen MR) is 94.8 cm³/mol. The number of benzene rings is 1. The van der Waals surface area contributed by atoms with Crippen molar-refractivity contribution in [3.8, 4) is 5.75 Å². The van der Waals surface area contributed by atoms with Gasteiger partial charge in [-0.05, 0) is 38.5 Å². The van der Waals surface area contributed by atoms with Crippen molar-refractivity contribution in [2.24, 2.45) is 0 Å². The van der Waals surface area contributed by atoms with Gasteiger partial charge in [0, 0.05) is 19.6 Å². The largest absolute Gasteiger partial charge is 0.487 e. The third-order valence-electron chi connectivity index (χ3n) is 4.24. The Balaban J connectivity index is 1.41. The molecule has 0 atom stereocenters. The van der Waals surface area contributed by atoms with Gasteiger partial charge in [-0.1, -0.05) is 12.1 Å². The molecule has 0 N–H and O–H groups in total. The number of carbonyl (C=O) groups excluding carboxylic acids is 1. The number of rotatable bonds is 4. The Kier molecular flexibility index (Phi) is 5.49. The van der Waals surface area contributed by atoms with Gasteiger partial charge in [-0.2, -0.15) is 0 Å². The van der Waals surface area contributed by atoms with Crippen molar-refractivity contribution in [3.63, 3.8) is 0 Å². The summed E-state index contributed by atoms with van der Waals surface area (Å²) in [6.45, 7) is 11.3. The van der Waals surface area contributed by atoms with E-state index in [1.165, 1.54) is 5.56 Å². The standard InChI is InChI=1S/C19H28N2O4/c1-19(2,3)25-18(22)21-13-17(14-21)24-16-6-4-15(5-7-16)12-20-8-10-23-11-9-20/h4-7,17H,8-14H2,1-3H3. The summed E-state index contributed by atoms with van der Waals surface area (Å²) >= 11 is 0. The molecule has 3 rings (SSSR count). The van der Waals surface area contributed by atoms with Crippen LogP contribution in [0.25, 0.3) is 0 Å². The van der Waals surface area contributed by atoms with Crippen LogP contribution in [0.4, 0.5) is 4.79 Å². The molecule has 1 aromatic rings. The summed E-state index contributed by atoms with van der Waals surface area (Å²) in [6, 6.07) is 8.22. The van der Waals surface area contributed by atoms with Crippen LogP contribution in [0.3, 0.4) is 0 Å². The second kappa shape index (κ2) is 7.62. The third kappa shape index (κ3) is 5.34. The highest BCUT2D eigenvalue weighted by molar-refractivity contribution is 5.69. The Bertz CT molecular complexity index is 570. The van der Waals surface area contributed by atoms with Crippen molar-refractivity contribution in [2.75, 3.05) is 39.4 Å². The summed E-state index contributed by atoms with van der Waals surface area (Å²) in [6.07, 6.45) is -0.231. The molecule has 0 radical (unpaired) electrons. The number of amides is 1. The Morgan fingerprint density at radius 1 is 1.16 bits per heavy atom. The van der Waals surface area contributed by atoms with E-state index < -0.39 is 5.60 Å². The van der Waals surface area contributed by atoms with Crippen LogP contribution in [0.2, 0.25) is 0 Å². The summed E-state index contributed by atoms with van der Waals surface area (Å²) in [5.41, 5.74) is 0.817. The molecule has 2 aliphatic rings. The Morgan fingerprint density at radius 3 is 2.40 bits per heavy atom. The van der Waals surface area contributed by atoms with Crippen LogP contribution < -0.4 is 4.74 Å². The van der Waals surface area contributed by atoms with Crippen molar-refractivity contribution in [1.82, 2.24) is 9.80 Å². The lowest BCUT2D eigenvalue weighted by Crippen LogP contribution is -2.57. The van der Waals surface area contributed by atoms with E-state index >= 15 is 0 Å². The maximum absolute atomic E-state index is 11.9. The van der Waals surface area contributed by atoms with Gasteiger partial charge in [0.2, 0.25) is 0 Å². The molecule has 6 heteroatoms. The first kappa shape index (κ1) is 18.0. The average molecular weight is 348 g/mol. The van der Waals surface area contributed by atoms with E-state index in [0.717, 1.165) is 38.6 Å². The van der Waals surface area contributed by atoms with Gasteiger partial charge in [-0.3, -0.25) is 4.90 Å². The van der Waals surface area contributed by atoms with E-state index in [4.69, 9.17) is 14.2 Å². The Morgan fingerprint density at radius 2 is 1.80 bits per heavy atom. The Hall–Kier alpha value is -1.79. The number of morpholine rings is 1. The molecule has 2 heterocycles. The summed E-state index contributed by atoms with van der Waals surface area (Å²) in [5.74, 6) is 0.847. The van der Waals surface area contributed by atoms with Gasteiger partial charge in [-0.25, -0.2) is 4.79 Å². The smallest absolute Gasteiger partial charge is 0.410 e. The molecule has 25 heavy (non-hydrogen) atoms. The monoisotopic (exact) mass is 348 g/mol. The second-order valence-corrected chi connectivity index (χ2v) is 7.66. The predicted octanol–water partition coefficient (Wildman–Crippen LogP) is 2.52. The highest BCUT2D eigenvalue weighted by atomic mass is 16.6. The van der Waals surface area contributed by atoms with E-state index in [9.17, 15) is 4.79 Å². The fraction of sp³-hybridized carbons (Fsp3) is 0.632. The fourth-order valence-corrected chi connectivity index (χ4v) is 2.87. The quantitative estimate of drug-likeness (QED) is 0.837. The molecule has 2 saturated heterocycles. The molecule has 0 spiro atoms.